The molecule has 2 aliphatic heterocycles. The van der Waals surface area contributed by atoms with Crippen LogP contribution in [0.1, 0.15) is 12.8 Å². The Kier molecular flexibility index (Phi) is 8.52. The molecular weight excluding hydrogens is 547 g/mol. The summed E-state index contributed by atoms with van der Waals surface area (Å²) in [4.78, 5) is 13.7. The highest BCUT2D eigenvalue weighted by atomic mass is 35.5. The number of likely N-dealkylation sites (N-methyl/N-ethyl adjacent to an activating group) is 1. The molecule has 3 aromatic rings. The van der Waals surface area contributed by atoms with E-state index in [4.69, 9.17) is 22.1 Å². The van der Waals surface area contributed by atoms with Crippen molar-refractivity contribution in [3.05, 3.63) is 47.6 Å². The second-order valence-electron chi connectivity index (χ2n) is 10.9. The minimum absolute atomic E-state index is 0.0410. The molecule has 2 fully saturated rings. The monoisotopic (exact) mass is 584 g/mol. The minimum Gasteiger partial charge on any atom is -0.494 e. The van der Waals surface area contributed by atoms with Crippen molar-refractivity contribution in [2.45, 2.75) is 18.9 Å². The summed E-state index contributed by atoms with van der Waals surface area (Å²) in [7, 11) is 1.44. The molecule has 10 nitrogen and oxygen atoms in total. The van der Waals surface area contributed by atoms with Gasteiger partial charge in [-0.15, -0.1) is 10.2 Å². The second-order valence-corrected chi connectivity index (χ2v) is 14.5. The molecule has 214 valence electrons. The molecule has 2 aromatic carbocycles. The number of ether oxygens (including phenoxy) is 1. The third kappa shape index (κ3) is 6.20. The Morgan fingerprint density at radius 1 is 1.00 bits per heavy atom. The van der Waals surface area contributed by atoms with Crippen molar-refractivity contribution in [3.8, 4) is 5.75 Å². The van der Waals surface area contributed by atoms with Gasteiger partial charge in [0.2, 0.25) is 0 Å². The fourth-order valence-corrected chi connectivity index (χ4v) is 6.40. The van der Waals surface area contributed by atoms with Gasteiger partial charge in [0.05, 0.1) is 12.8 Å². The van der Waals surface area contributed by atoms with Crippen LogP contribution in [0.15, 0.2) is 42.5 Å². The molecule has 5 rings (SSSR count). The molecule has 2 aliphatic rings. The van der Waals surface area contributed by atoms with Crippen LogP contribution in [0.3, 0.4) is 0 Å². The lowest BCUT2D eigenvalue weighted by molar-refractivity contribution is 0.0982. The molecular formula is C28H38ClN8O2P. The Balaban J connectivity index is 1.43. The zero-order valence-electron chi connectivity index (χ0n) is 23.6. The number of piperidine rings is 1. The van der Waals surface area contributed by atoms with E-state index in [1.807, 2.05) is 35.2 Å². The van der Waals surface area contributed by atoms with Gasteiger partial charge in [-0.1, -0.05) is 11.6 Å². The third-order valence-corrected chi connectivity index (χ3v) is 9.69. The van der Waals surface area contributed by atoms with Gasteiger partial charge in [0, 0.05) is 68.1 Å². The molecule has 0 aliphatic carbocycles. The summed E-state index contributed by atoms with van der Waals surface area (Å²) in [6, 6.07) is 14.3. The maximum absolute atomic E-state index is 12.6. The number of hydrogen-bond donors (Lipinski definition) is 1. The highest BCUT2D eigenvalue weighted by Crippen LogP contribution is 2.42. The van der Waals surface area contributed by atoms with Gasteiger partial charge in [-0.3, -0.25) is 9.80 Å². The number of methoxy groups -OCH3 is 1. The topological polar surface area (TPSA) is 104 Å². The van der Waals surface area contributed by atoms with Crippen LogP contribution >= 0.6 is 18.7 Å². The summed E-state index contributed by atoms with van der Waals surface area (Å²) in [5.41, 5.74) is 8.60. The van der Waals surface area contributed by atoms with Gasteiger partial charge in [-0.05, 0) is 69.6 Å². The quantitative estimate of drug-likeness (QED) is 0.409. The van der Waals surface area contributed by atoms with Gasteiger partial charge in [0.25, 0.3) is 5.95 Å². The number of piperazine rings is 1. The molecule has 0 saturated carbocycles. The van der Waals surface area contributed by atoms with E-state index in [2.05, 4.69) is 49.1 Å². The number of nitrogens with zero attached hydrogens (tertiary/aromatic N) is 7. The Morgan fingerprint density at radius 3 is 2.27 bits per heavy atom. The average molecular weight is 585 g/mol. The van der Waals surface area contributed by atoms with Crippen LogP contribution in [-0.2, 0) is 4.57 Å². The number of nitrogen functional groups attached to an aromatic ring is 1. The normalized spacial score (nSPS) is 17.7. The lowest BCUT2D eigenvalue weighted by Gasteiger charge is -2.42. The fraction of sp³-hybridized carbons (Fsp3) is 0.464. The standard InChI is InChI=1S/C28H38ClN8O2P/c1-34-15-17-36(18-16-34)20-11-13-35(14-12-20)22-7-10-24(25(19-22)39-2)37(28-31-27(30)26(29)32-33-28)21-5-8-23(9-6-21)40(3,4)38/h5-10,19-20H,11-18H2,1-4H3,(H2,30,31,33). The van der Waals surface area contributed by atoms with Crippen molar-refractivity contribution in [2.75, 3.05) is 82.3 Å². The highest BCUT2D eigenvalue weighted by molar-refractivity contribution is 7.70. The average Bonchev–Trinajstić information content (AvgIpc) is 2.95. The van der Waals surface area contributed by atoms with E-state index in [1.54, 1.807) is 20.4 Å². The van der Waals surface area contributed by atoms with E-state index >= 15 is 0 Å². The maximum Gasteiger partial charge on any atom is 0.256 e. The predicted molar refractivity (Wildman–Crippen MR) is 164 cm³/mol. The van der Waals surface area contributed by atoms with Gasteiger partial charge < -0.3 is 24.8 Å². The number of rotatable bonds is 7. The molecule has 40 heavy (non-hydrogen) atoms. The van der Waals surface area contributed by atoms with Crippen LogP contribution in [0.25, 0.3) is 0 Å². The summed E-state index contributed by atoms with van der Waals surface area (Å²) in [5, 5.41) is 9.05. The summed E-state index contributed by atoms with van der Waals surface area (Å²) in [6.07, 6.45) is 2.29. The zero-order chi connectivity index (χ0) is 28.4. The molecule has 12 heteroatoms. The largest absolute Gasteiger partial charge is 0.494 e. The SMILES string of the molecule is COc1cc(N2CCC(N3CCN(C)CC3)CC2)ccc1N(c1ccc(P(C)(C)=O)cc1)c1nnc(Cl)c(N)n1. The van der Waals surface area contributed by atoms with Crippen LogP contribution in [0.2, 0.25) is 5.15 Å². The van der Waals surface area contributed by atoms with E-state index in [0.717, 1.165) is 74.5 Å². The summed E-state index contributed by atoms with van der Waals surface area (Å²) >= 11 is 6.03. The Hall–Kier alpha value is -2.91. The number of anilines is 5. The van der Waals surface area contributed by atoms with Crippen LogP contribution in [0, 0.1) is 0 Å². The van der Waals surface area contributed by atoms with Gasteiger partial charge in [0.1, 0.15) is 12.9 Å². The van der Waals surface area contributed by atoms with E-state index in [0.29, 0.717) is 11.8 Å². The van der Waals surface area contributed by atoms with Crippen molar-refractivity contribution in [3.63, 3.8) is 0 Å². The van der Waals surface area contributed by atoms with Crippen molar-refractivity contribution in [1.82, 2.24) is 25.0 Å². The summed E-state index contributed by atoms with van der Waals surface area (Å²) in [5.74, 6) is 1.00. The van der Waals surface area contributed by atoms with E-state index in [1.165, 1.54) is 0 Å². The lowest BCUT2D eigenvalue weighted by Crippen LogP contribution is -2.52. The molecule has 3 heterocycles. The second kappa shape index (κ2) is 11.9. The van der Waals surface area contributed by atoms with Gasteiger partial charge in [-0.25, -0.2) is 0 Å². The van der Waals surface area contributed by atoms with E-state index in [-0.39, 0.29) is 16.9 Å². The fourth-order valence-electron chi connectivity index (χ4n) is 5.46. The predicted octanol–water partition coefficient (Wildman–Crippen LogP) is 4.05. The lowest BCUT2D eigenvalue weighted by atomic mass is 10.0. The number of nitrogens with two attached hydrogens (primary N) is 1. The molecule has 0 spiro atoms. The van der Waals surface area contributed by atoms with Crippen LogP contribution in [-0.4, -0.2) is 97.8 Å². The first kappa shape index (κ1) is 28.6. The van der Waals surface area contributed by atoms with Gasteiger partial charge in [-0.2, -0.15) is 4.98 Å². The first-order valence-corrected chi connectivity index (χ1v) is 16.6. The Bertz CT molecular complexity index is 1370. The molecule has 0 atom stereocenters. The van der Waals surface area contributed by atoms with Crippen molar-refractivity contribution in [2.24, 2.45) is 0 Å². The van der Waals surface area contributed by atoms with Crippen LogP contribution in [0.4, 0.5) is 28.8 Å². The van der Waals surface area contributed by atoms with E-state index < -0.39 is 7.14 Å². The van der Waals surface area contributed by atoms with Crippen molar-refractivity contribution < 1.29 is 9.30 Å². The van der Waals surface area contributed by atoms with Crippen molar-refractivity contribution >= 4 is 52.9 Å². The number of benzene rings is 2. The van der Waals surface area contributed by atoms with Crippen LogP contribution < -0.4 is 25.6 Å². The van der Waals surface area contributed by atoms with E-state index in [9.17, 15) is 4.57 Å². The van der Waals surface area contributed by atoms with Crippen molar-refractivity contribution in [1.29, 1.82) is 0 Å². The Labute approximate surface area is 241 Å². The number of aromatic nitrogens is 3. The third-order valence-electron chi connectivity index (χ3n) is 7.88. The molecule has 0 bridgehead atoms. The number of hydrogen-bond acceptors (Lipinski definition) is 10. The summed E-state index contributed by atoms with van der Waals surface area (Å²) in [6.45, 7) is 10.1. The Morgan fingerprint density at radius 2 is 1.68 bits per heavy atom. The summed E-state index contributed by atoms with van der Waals surface area (Å²) < 4.78 is 18.5. The van der Waals surface area contributed by atoms with Gasteiger partial charge in [0.15, 0.2) is 11.0 Å². The van der Waals surface area contributed by atoms with Gasteiger partial charge >= 0.3 is 0 Å². The first-order valence-electron chi connectivity index (χ1n) is 13.6. The first-order chi connectivity index (χ1) is 19.1. The van der Waals surface area contributed by atoms with Crippen LogP contribution in [0.5, 0.6) is 5.75 Å². The molecule has 0 unspecified atom stereocenters. The maximum atomic E-state index is 12.6. The molecule has 0 radical (unpaired) electrons. The highest BCUT2D eigenvalue weighted by Gasteiger charge is 2.28. The minimum atomic E-state index is -2.42. The number of halogens is 1. The smallest absolute Gasteiger partial charge is 0.256 e. The molecule has 1 aromatic heterocycles. The molecule has 0 amide bonds. The zero-order valence-corrected chi connectivity index (χ0v) is 25.3. The molecule has 2 saturated heterocycles. The molecule has 2 N–H and O–H groups in total.